The van der Waals surface area contributed by atoms with Gasteiger partial charge in [0.05, 0.1) is 7.11 Å². The number of carbonyl (C=O) groups is 1. The zero-order valence-corrected chi connectivity index (χ0v) is 8.99. The summed E-state index contributed by atoms with van der Waals surface area (Å²) in [6.07, 6.45) is 1.23. The Bertz CT molecular complexity index is 125. The van der Waals surface area contributed by atoms with E-state index in [1.807, 2.05) is 0 Å². The van der Waals surface area contributed by atoms with E-state index >= 15 is 0 Å². The fourth-order valence-electron chi connectivity index (χ4n) is 0.847. The molecule has 4 nitrogen and oxygen atoms in total. The van der Waals surface area contributed by atoms with E-state index in [9.17, 15) is 4.79 Å². The van der Waals surface area contributed by atoms with Crippen LogP contribution in [0.15, 0.2) is 0 Å². The molecule has 12 heavy (non-hydrogen) atoms. The first-order chi connectivity index (χ1) is 5.74. The van der Waals surface area contributed by atoms with Crippen molar-refractivity contribution in [1.29, 1.82) is 0 Å². The molecule has 0 saturated heterocycles. The van der Waals surface area contributed by atoms with Gasteiger partial charge in [0.2, 0.25) is 0 Å². The molecule has 0 radical (unpaired) electrons. The van der Waals surface area contributed by atoms with Gasteiger partial charge in [-0.05, 0) is 12.5 Å². The summed E-state index contributed by atoms with van der Waals surface area (Å²) in [5.74, 6) is -0.171. The Hall–Kier alpha value is -0.393. The Balaban J connectivity index is 3.34. The summed E-state index contributed by atoms with van der Waals surface area (Å²) >= 11 is 0. The monoisotopic (exact) mass is 192 g/mol. The molecular weight excluding hydrogens is 176 g/mol. The van der Waals surface area contributed by atoms with Gasteiger partial charge in [0.1, 0.15) is 0 Å². The number of esters is 1. The minimum absolute atomic E-state index is 0.171. The molecule has 0 aromatic rings. The summed E-state index contributed by atoms with van der Waals surface area (Å²) in [7, 11) is 3.20. The summed E-state index contributed by atoms with van der Waals surface area (Å²) < 4.78 is 14.7. The van der Waals surface area contributed by atoms with Crippen LogP contribution >= 0.6 is 0 Å². The van der Waals surface area contributed by atoms with E-state index in [-0.39, 0.29) is 5.97 Å². The summed E-state index contributed by atoms with van der Waals surface area (Å²) in [5, 5.41) is 0. The van der Waals surface area contributed by atoms with Gasteiger partial charge < -0.3 is 13.6 Å². The Labute approximate surface area is 74.7 Å². The Morgan fingerprint density at radius 3 is 2.25 bits per heavy atom. The molecule has 0 spiro atoms. The zero-order chi connectivity index (χ0) is 9.40. The van der Waals surface area contributed by atoms with Crippen molar-refractivity contribution in [3.05, 3.63) is 0 Å². The fourth-order valence-corrected chi connectivity index (χ4v) is 2.05. The van der Waals surface area contributed by atoms with Crippen molar-refractivity contribution in [3.8, 4) is 0 Å². The number of ether oxygens (including phenoxy) is 1. The zero-order valence-electron chi connectivity index (χ0n) is 7.83. The number of rotatable bonds is 6. The molecule has 72 valence electrons. The first-order valence-electron chi connectivity index (χ1n) is 3.87. The van der Waals surface area contributed by atoms with E-state index in [0.29, 0.717) is 6.42 Å². The quantitative estimate of drug-likeness (QED) is 0.453. The van der Waals surface area contributed by atoms with Crippen LogP contribution in [0, 0.1) is 0 Å². The van der Waals surface area contributed by atoms with Gasteiger partial charge in [-0.2, -0.15) is 0 Å². The van der Waals surface area contributed by atoms with E-state index in [2.05, 4.69) is 4.74 Å². The van der Waals surface area contributed by atoms with Crippen molar-refractivity contribution in [2.75, 3.05) is 21.3 Å². The summed E-state index contributed by atoms with van der Waals surface area (Å²) in [6, 6.07) is 0.849. The van der Waals surface area contributed by atoms with Gasteiger partial charge in [-0.25, -0.2) is 0 Å². The molecule has 0 aliphatic heterocycles. The largest absolute Gasteiger partial charge is 0.469 e. The van der Waals surface area contributed by atoms with Gasteiger partial charge in [0.25, 0.3) is 0 Å². The number of carbonyl (C=O) groups excluding carboxylic acids is 1. The van der Waals surface area contributed by atoms with Crippen molar-refractivity contribution in [1.82, 2.24) is 0 Å². The van der Waals surface area contributed by atoms with Gasteiger partial charge in [0.15, 0.2) is 0 Å². The first-order valence-corrected chi connectivity index (χ1v) is 5.63. The van der Waals surface area contributed by atoms with Crippen molar-refractivity contribution in [2.45, 2.75) is 18.9 Å². The third-order valence-corrected chi connectivity index (χ3v) is 3.51. The molecular formula is C7H16O4Si. The van der Waals surface area contributed by atoms with Crippen LogP contribution in [0.2, 0.25) is 6.04 Å². The molecule has 0 unspecified atom stereocenters. The van der Waals surface area contributed by atoms with Gasteiger partial charge in [0, 0.05) is 20.6 Å². The molecule has 0 rings (SSSR count). The van der Waals surface area contributed by atoms with E-state index < -0.39 is 9.28 Å². The normalized spacial score (nSPS) is 10.3. The topological polar surface area (TPSA) is 44.8 Å². The molecule has 0 aliphatic rings. The second-order valence-corrected chi connectivity index (χ2v) is 4.75. The molecule has 0 aromatic carbocycles. The summed E-state index contributed by atoms with van der Waals surface area (Å²) in [6.45, 7) is 0. The predicted molar refractivity (Wildman–Crippen MR) is 47.2 cm³/mol. The lowest BCUT2D eigenvalue weighted by molar-refractivity contribution is -0.140. The Morgan fingerprint density at radius 1 is 1.25 bits per heavy atom. The third-order valence-electron chi connectivity index (χ3n) is 1.57. The standard InChI is InChI=1S/C7H16O4Si/c1-9-7(8)5-4-6-12(10-2)11-3/h12H,4-6H2,1-3H3. The van der Waals surface area contributed by atoms with Crippen molar-refractivity contribution >= 4 is 15.3 Å². The lowest BCUT2D eigenvalue weighted by Crippen LogP contribution is -2.18. The van der Waals surface area contributed by atoms with Crippen molar-refractivity contribution in [3.63, 3.8) is 0 Å². The maximum Gasteiger partial charge on any atom is 0.320 e. The van der Waals surface area contributed by atoms with E-state index in [0.717, 1.165) is 12.5 Å². The molecule has 0 fully saturated rings. The highest BCUT2D eigenvalue weighted by atomic mass is 28.3. The van der Waals surface area contributed by atoms with Crippen LogP contribution in [0.5, 0.6) is 0 Å². The van der Waals surface area contributed by atoms with E-state index in [1.165, 1.54) is 7.11 Å². The maximum absolute atomic E-state index is 10.7. The lowest BCUT2D eigenvalue weighted by Gasteiger charge is -2.09. The van der Waals surface area contributed by atoms with Crippen LogP contribution in [0.3, 0.4) is 0 Å². The molecule has 0 aromatic heterocycles. The van der Waals surface area contributed by atoms with Crippen LogP contribution in [0.1, 0.15) is 12.8 Å². The molecule has 0 amide bonds. The van der Waals surface area contributed by atoms with Crippen LogP contribution < -0.4 is 0 Å². The Kier molecular flexibility index (Phi) is 7.03. The first kappa shape index (κ1) is 11.6. The smallest absolute Gasteiger partial charge is 0.320 e. The molecule has 0 aliphatic carbocycles. The van der Waals surface area contributed by atoms with Crippen LogP contribution in [-0.4, -0.2) is 36.6 Å². The van der Waals surface area contributed by atoms with Crippen LogP contribution in [0.25, 0.3) is 0 Å². The SMILES string of the molecule is COC(=O)CCC[SiH](OC)OC. The average molecular weight is 192 g/mol. The molecule has 5 heteroatoms. The number of hydrogen-bond donors (Lipinski definition) is 0. The third kappa shape index (κ3) is 5.28. The maximum atomic E-state index is 10.7. The summed E-state index contributed by atoms with van der Waals surface area (Å²) in [4.78, 5) is 10.7. The second kappa shape index (κ2) is 7.27. The van der Waals surface area contributed by atoms with Gasteiger partial charge in [-0.3, -0.25) is 4.79 Å². The minimum Gasteiger partial charge on any atom is -0.469 e. The lowest BCUT2D eigenvalue weighted by atomic mass is 10.3. The van der Waals surface area contributed by atoms with E-state index in [1.54, 1.807) is 14.2 Å². The predicted octanol–water partition coefficient (Wildman–Crippen LogP) is 0.453. The highest BCUT2D eigenvalue weighted by Gasteiger charge is 2.10. The molecule has 0 saturated carbocycles. The molecule has 0 atom stereocenters. The van der Waals surface area contributed by atoms with Crippen molar-refractivity contribution < 1.29 is 18.4 Å². The van der Waals surface area contributed by atoms with Crippen molar-refractivity contribution in [2.24, 2.45) is 0 Å². The molecule has 0 heterocycles. The number of methoxy groups -OCH3 is 1. The van der Waals surface area contributed by atoms with Crippen LogP contribution in [-0.2, 0) is 18.4 Å². The number of hydrogen-bond acceptors (Lipinski definition) is 4. The highest BCUT2D eigenvalue weighted by molar-refractivity contribution is 6.44. The van der Waals surface area contributed by atoms with Gasteiger partial charge in [-0.1, -0.05) is 0 Å². The molecule has 0 N–H and O–H groups in total. The second-order valence-electron chi connectivity index (χ2n) is 2.37. The van der Waals surface area contributed by atoms with E-state index in [4.69, 9.17) is 8.85 Å². The van der Waals surface area contributed by atoms with Gasteiger partial charge in [-0.15, -0.1) is 0 Å². The molecule has 0 bridgehead atoms. The van der Waals surface area contributed by atoms with Gasteiger partial charge >= 0.3 is 15.3 Å². The summed E-state index contributed by atoms with van der Waals surface area (Å²) in [5.41, 5.74) is 0. The Morgan fingerprint density at radius 2 is 1.83 bits per heavy atom. The minimum atomic E-state index is -1.47. The van der Waals surface area contributed by atoms with Crippen LogP contribution in [0.4, 0.5) is 0 Å². The fraction of sp³-hybridized carbons (Fsp3) is 0.857. The highest BCUT2D eigenvalue weighted by Crippen LogP contribution is 2.03. The average Bonchev–Trinajstić information content (AvgIpc) is 2.12.